The van der Waals surface area contributed by atoms with Gasteiger partial charge in [-0.3, -0.25) is 4.98 Å². The van der Waals surface area contributed by atoms with E-state index in [0.717, 1.165) is 0 Å². The summed E-state index contributed by atoms with van der Waals surface area (Å²) in [6, 6.07) is 5.72. The molecule has 0 fully saturated rings. The Kier molecular flexibility index (Phi) is 66.4. The third-order valence-electron chi connectivity index (χ3n) is 0.566. The van der Waals surface area contributed by atoms with Crippen molar-refractivity contribution >= 4 is 23.2 Å². The topological polar surface area (TPSA) is 98.4 Å². The van der Waals surface area contributed by atoms with Gasteiger partial charge in [-0.05, 0) is 12.1 Å². The molecule has 13 heavy (non-hydrogen) atoms. The van der Waals surface area contributed by atoms with E-state index in [4.69, 9.17) is 23.2 Å². The summed E-state index contributed by atoms with van der Waals surface area (Å²) in [5, 5.41) is 0.194. The number of aromatic nitrogens is 1. The molecule has 0 aliphatic rings. The molecule has 0 aliphatic carbocycles. The van der Waals surface area contributed by atoms with Crippen LogP contribution in [0.1, 0.15) is 0 Å². The van der Waals surface area contributed by atoms with Crippen LogP contribution in [0.15, 0.2) is 30.6 Å². The van der Waals surface area contributed by atoms with Gasteiger partial charge in [0.1, 0.15) is 0 Å². The van der Waals surface area contributed by atoms with Gasteiger partial charge in [0.05, 0.1) is 5.34 Å². The Morgan fingerprint density at radius 2 is 1.15 bits per heavy atom. The summed E-state index contributed by atoms with van der Waals surface area (Å²) in [5.41, 5.74) is 0. The second kappa shape index (κ2) is 29.6. The zero-order chi connectivity index (χ0) is 6.95. The van der Waals surface area contributed by atoms with Gasteiger partial charge in [0.25, 0.3) is 0 Å². The van der Waals surface area contributed by atoms with E-state index in [-0.39, 0.29) is 39.1 Å². The number of rotatable bonds is 0. The maximum absolute atomic E-state index is 4.76. The smallest absolute Gasteiger partial charge is 2.00 e. The van der Waals surface area contributed by atoms with Crippen LogP contribution in [0.5, 0.6) is 0 Å². The second-order valence-corrected chi connectivity index (χ2v) is 1.93. The first-order chi connectivity index (χ1) is 4.41. The average molecular weight is 264 g/mol. The number of alkyl halides is 2. The summed E-state index contributed by atoms with van der Waals surface area (Å²) in [5.74, 6) is 0. The summed E-state index contributed by atoms with van der Waals surface area (Å²) in [6.45, 7) is 0. The van der Waals surface area contributed by atoms with E-state index in [0.29, 0.717) is 0 Å². The molecule has 74 valence electrons. The van der Waals surface area contributed by atoms with Gasteiger partial charge in [-0.25, -0.2) is 0 Å². The Hall–Kier alpha value is 0.142. The first-order valence-electron chi connectivity index (χ1n) is 2.38. The fraction of sp³-hybridized carbons (Fsp3) is 0.167. The van der Waals surface area contributed by atoms with Crippen molar-refractivity contribution in [2.45, 2.75) is 0 Å². The molecule has 0 aliphatic heterocycles. The minimum atomic E-state index is 0. The van der Waals surface area contributed by atoms with Crippen LogP contribution in [0.25, 0.3) is 0 Å². The van der Waals surface area contributed by atoms with Gasteiger partial charge in [-0.2, -0.15) is 0 Å². The summed E-state index contributed by atoms with van der Waals surface area (Å²) in [7, 11) is 0. The van der Waals surface area contributed by atoms with Crippen molar-refractivity contribution in [3.63, 3.8) is 0 Å². The van der Waals surface area contributed by atoms with E-state index in [9.17, 15) is 0 Å². The molecule has 1 aromatic rings. The minimum absolute atomic E-state index is 0. The molecule has 0 N–H and O–H groups in total. The van der Waals surface area contributed by atoms with Crippen LogP contribution in [0.3, 0.4) is 0 Å². The molecule has 0 saturated heterocycles. The SMILES string of the molecule is ClCCl.[Cr+6].[O-2].[O-2].[O-2].c1ccncc1. The molecular formula is C6H7Cl2CrNO3. The first-order valence-corrected chi connectivity index (χ1v) is 3.45. The quantitative estimate of drug-likeness (QED) is 0.659. The van der Waals surface area contributed by atoms with Crippen molar-refractivity contribution in [1.29, 1.82) is 0 Å². The summed E-state index contributed by atoms with van der Waals surface area (Å²) in [6.07, 6.45) is 3.50. The maximum Gasteiger partial charge on any atom is 6.00 e. The molecule has 4 nitrogen and oxygen atoms in total. The predicted molar refractivity (Wildman–Crippen MR) is 42.9 cm³/mol. The van der Waals surface area contributed by atoms with Gasteiger partial charge >= 0.3 is 17.4 Å². The molecule has 0 spiro atoms. The van der Waals surface area contributed by atoms with Gasteiger partial charge in [0.2, 0.25) is 0 Å². The normalized spacial score (nSPS) is 5.08. The van der Waals surface area contributed by atoms with Crippen LogP contribution in [0.2, 0.25) is 0 Å². The van der Waals surface area contributed by atoms with Crippen molar-refractivity contribution in [3.8, 4) is 0 Å². The molecule has 0 saturated carbocycles. The van der Waals surface area contributed by atoms with Gasteiger partial charge in [0.15, 0.2) is 0 Å². The number of pyridine rings is 1. The molecule has 1 aromatic heterocycles. The van der Waals surface area contributed by atoms with Crippen LogP contribution < -0.4 is 0 Å². The molecule has 0 aromatic carbocycles. The van der Waals surface area contributed by atoms with E-state index in [1.54, 1.807) is 12.4 Å². The zero-order valence-electron chi connectivity index (χ0n) is 6.43. The standard InChI is InChI=1S/C5H5N.CH2Cl2.Cr.3O/c1-2-4-6-5-3-1;2-1-3;;;;/h1-5H;1H2;;;;/q;;+6;3*-2. The molecule has 1 heterocycles. The van der Waals surface area contributed by atoms with Gasteiger partial charge < -0.3 is 16.4 Å². The predicted octanol–water partition coefficient (Wildman–Crippen LogP) is 2.14. The van der Waals surface area contributed by atoms with E-state index in [1.165, 1.54) is 0 Å². The number of hydrogen-bond donors (Lipinski definition) is 0. The van der Waals surface area contributed by atoms with E-state index in [2.05, 4.69) is 4.98 Å². The molecule has 0 amide bonds. The van der Waals surface area contributed by atoms with Crippen molar-refractivity contribution in [3.05, 3.63) is 30.6 Å². The molecule has 0 unspecified atom stereocenters. The van der Waals surface area contributed by atoms with Crippen LogP contribution in [0, 0.1) is 0 Å². The zero-order valence-corrected chi connectivity index (χ0v) is 9.22. The van der Waals surface area contributed by atoms with Crippen LogP contribution in [-0.2, 0) is 33.8 Å². The first kappa shape index (κ1) is 29.2. The Morgan fingerprint density at radius 3 is 1.23 bits per heavy atom. The molecule has 0 radical (unpaired) electrons. The monoisotopic (exact) mass is 263 g/mol. The van der Waals surface area contributed by atoms with E-state index < -0.39 is 0 Å². The third-order valence-corrected chi connectivity index (χ3v) is 0.566. The number of hydrogen-bond acceptors (Lipinski definition) is 1. The van der Waals surface area contributed by atoms with Crippen molar-refractivity contribution in [2.75, 3.05) is 5.34 Å². The summed E-state index contributed by atoms with van der Waals surface area (Å²) >= 11 is 9.53. The average Bonchev–Trinajstić information content (AvgIpc) is 1.93. The fourth-order valence-corrected chi connectivity index (χ4v) is 0.313. The van der Waals surface area contributed by atoms with Gasteiger partial charge in [-0.1, -0.05) is 6.07 Å². The van der Waals surface area contributed by atoms with Crippen molar-refractivity contribution < 1.29 is 33.8 Å². The molecule has 7 heteroatoms. The fourth-order valence-electron chi connectivity index (χ4n) is 0.313. The van der Waals surface area contributed by atoms with Gasteiger partial charge in [0, 0.05) is 12.4 Å². The molecule has 0 bridgehead atoms. The molecular weight excluding hydrogens is 257 g/mol. The van der Waals surface area contributed by atoms with Crippen LogP contribution in [-0.4, -0.2) is 10.3 Å². The Morgan fingerprint density at radius 1 is 0.846 bits per heavy atom. The van der Waals surface area contributed by atoms with Crippen LogP contribution >= 0.6 is 23.2 Å². The maximum atomic E-state index is 4.76. The second-order valence-electron chi connectivity index (χ2n) is 1.13. The van der Waals surface area contributed by atoms with Crippen molar-refractivity contribution in [2.24, 2.45) is 0 Å². The number of nitrogens with zero attached hydrogens (tertiary/aromatic N) is 1. The molecule has 0 atom stereocenters. The minimum Gasteiger partial charge on any atom is -2.00 e. The Labute approximate surface area is 97.9 Å². The Bertz CT molecular complexity index is 109. The Balaban J connectivity index is -0.0000000282. The van der Waals surface area contributed by atoms with Crippen LogP contribution in [0.4, 0.5) is 0 Å². The van der Waals surface area contributed by atoms with Crippen molar-refractivity contribution in [1.82, 2.24) is 4.98 Å². The largest absolute Gasteiger partial charge is 6.00 e. The number of halogens is 2. The third kappa shape index (κ3) is 33.1. The van der Waals surface area contributed by atoms with Gasteiger partial charge in [-0.15, -0.1) is 23.2 Å². The van der Waals surface area contributed by atoms with E-state index in [1.807, 2.05) is 18.2 Å². The summed E-state index contributed by atoms with van der Waals surface area (Å²) in [4.78, 5) is 3.78. The summed E-state index contributed by atoms with van der Waals surface area (Å²) < 4.78 is 0. The van der Waals surface area contributed by atoms with E-state index >= 15 is 0 Å². The molecule has 1 rings (SSSR count).